The van der Waals surface area contributed by atoms with E-state index < -0.39 is 0 Å². The van der Waals surface area contributed by atoms with E-state index in [1.165, 1.54) is 29.2 Å². The van der Waals surface area contributed by atoms with Gasteiger partial charge in [-0.15, -0.1) is 10.2 Å². The van der Waals surface area contributed by atoms with Crippen molar-refractivity contribution in [1.29, 1.82) is 0 Å². The lowest BCUT2D eigenvalue weighted by atomic mass is 10.00. The van der Waals surface area contributed by atoms with Crippen molar-refractivity contribution >= 4 is 23.6 Å². The predicted octanol–water partition coefficient (Wildman–Crippen LogP) is 3.06. The van der Waals surface area contributed by atoms with Crippen LogP contribution in [0.4, 0.5) is 0 Å². The summed E-state index contributed by atoms with van der Waals surface area (Å²) in [5.74, 6) is 0.971. The van der Waals surface area contributed by atoms with Gasteiger partial charge in [0.05, 0.1) is 18.1 Å². The quantitative estimate of drug-likeness (QED) is 0.569. The molecule has 1 aromatic carbocycles. The number of thioether (sulfide) groups is 1. The van der Waals surface area contributed by atoms with Gasteiger partial charge in [-0.3, -0.25) is 9.59 Å². The van der Waals surface area contributed by atoms with E-state index in [2.05, 4.69) is 27.6 Å². The van der Waals surface area contributed by atoms with Gasteiger partial charge in [0, 0.05) is 19.6 Å². The molecule has 2 aromatic heterocycles. The number of carbonyl (C=O) groups is 2. The summed E-state index contributed by atoms with van der Waals surface area (Å²) in [6.07, 6.45) is 2.34. The number of benzene rings is 1. The van der Waals surface area contributed by atoms with Gasteiger partial charge in [0.1, 0.15) is 0 Å². The summed E-state index contributed by atoms with van der Waals surface area (Å²) in [7, 11) is 0. The number of fused-ring (bicyclic) bond motifs is 1. The molecule has 3 aromatic rings. The zero-order valence-corrected chi connectivity index (χ0v) is 18.4. The van der Waals surface area contributed by atoms with Crippen LogP contribution in [0.5, 0.6) is 0 Å². The van der Waals surface area contributed by atoms with Crippen LogP contribution in [0.3, 0.4) is 0 Å². The average molecular weight is 440 g/mol. The van der Waals surface area contributed by atoms with Gasteiger partial charge >= 0.3 is 0 Å². The Bertz CT molecular complexity index is 1060. The molecule has 0 bridgehead atoms. The zero-order valence-electron chi connectivity index (χ0n) is 17.6. The van der Waals surface area contributed by atoms with E-state index in [4.69, 9.17) is 4.42 Å². The molecule has 1 unspecified atom stereocenters. The lowest BCUT2D eigenvalue weighted by Gasteiger charge is -2.28. The molecule has 3 heterocycles. The Hall–Kier alpha value is -3.07. The Kier molecular flexibility index (Phi) is 6.41. The first-order valence-corrected chi connectivity index (χ1v) is 11.3. The number of amides is 2. The standard InChI is InChI=1S/C22H25N5O3S/c1-3-27-20(15(2)23-21(29)18-9-6-12-30-18)24-25-22(27)31-14-19(28)26-11-10-16-7-4-5-8-17(16)13-26/h4-9,12,15H,3,10-11,13-14H2,1-2H3,(H,23,29). The molecule has 1 aliphatic heterocycles. The van der Waals surface area contributed by atoms with Gasteiger partial charge in [0.2, 0.25) is 5.91 Å². The first-order valence-electron chi connectivity index (χ1n) is 10.3. The SMILES string of the molecule is CCn1c(SCC(=O)N2CCc3ccccc3C2)nnc1C(C)NC(=O)c1ccco1. The second-order valence-corrected chi connectivity index (χ2v) is 8.32. The normalized spacial score (nSPS) is 14.2. The maximum atomic E-state index is 12.8. The molecule has 2 amide bonds. The Balaban J connectivity index is 1.37. The van der Waals surface area contributed by atoms with Gasteiger partial charge in [-0.2, -0.15) is 0 Å². The van der Waals surface area contributed by atoms with Crippen LogP contribution in [-0.2, 0) is 24.3 Å². The van der Waals surface area contributed by atoms with Crippen LogP contribution in [0, 0.1) is 0 Å². The third-order valence-electron chi connectivity index (χ3n) is 5.35. The van der Waals surface area contributed by atoms with E-state index in [0.717, 1.165) is 13.0 Å². The molecule has 0 saturated heterocycles. The second kappa shape index (κ2) is 9.38. The molecular formula is C22H25N5O3S. The van der Waals surface area contributed by atoms with Crippen molar-refractivity contribution in [2.45, 2.75) is 44.6 Å². The minimum atomic E-state index is -0.353. The molecule has 1 N–H and O–H groups in total. The van der Waals surface area contributed by atoms with Gasteiger partial charge in [0.25, 0.3) is 5.91 Å². The van der Waals surface area contributed by atoms with Crippen molar-refractivity contribution in [3.05, 3.63) is 65.4 Å². The van der Waals surface area contributed by atoms with Crippen LogP contribution in [0.25, 0.3) is 0 Å². The molecule has 8 nitrogen and oxygen atoms in total. The fourth-order valence-electron chi connectivity index (χ4n) is 3.69. The average Bonchev–Trinajstić information content (AvgIpc) is 3.47. The largest absolute Gasteiger partial charge is 0.459 e. The van der Waals surface area contributed by atoms with Gasteiger partial charge in [-0.25, -0.2) is 0 Å². The molecule has 31 heavy (non-hydrogen) atoms. The van der Waals surface area contributed by atoms with Crippen LogP contribution in [-0.4, -0.2) is 43.8 Å². The van der Waals surface area contributed by atoms with E-state index in [9.17, 15) is 9.59 Å². The number of rotatable bonds is 7. The Labute approximate surface area is 185 Å². The van der Waals surface area contributed by atoms with Crippen LogP contribution in [0.2, 0.25) is 0 Å². The van der Waals surface area contributed by atoms with Gasteiger partial charge in [-0.1, -0.05) is 36.0 Å². The molecule has 4 rings (SSSR count). The molecule has 0 fully saturated rings. The summed E-state index contributed by atoms with van der Waals surface area (Å²) in [4.78, 5) is 26.9. The van der Waals surface area contributed by atoms with Crippen LogP contribution in [0.15, 0.2) is 52.2 Å². The summed E-state index contributed by atoms with van der Waals surface area (Å²) in [6, 6.07) is 11.2. The summed E-state index contributed by atoms with van der Waals surface area (Å²) < 4.78 is 7.06. The van der Waals surface area contributed by atoms with Crippen LogP contribution < -0.4 is 5.32 Å². The third-order valence-corrected chi connectivity index (χ3v) is 6.30. The topological polar surface area (TPSA) is 93.3 Å². The molecular weight excluding hydrogens is 414 g/mol. The number of hydrogen-bond donors (Lipinski definition) is 1. The summed E-state index contributed by atoms with van der Waals surface area (Å²) in [5, 5.41) is 12.1. The molecule has 9 heteroatoms. The van der Waals surface area contributed by atoms with E-state index in [0.29, 0.717) is 29.8 Å². The summed E-state index contributed by atoms with van der Waals surface area (Å²) in [5.41, 5.74) is 2.53. The number of furan rings is 1. The highest BCUT2D eigenvalue weighted by molar-refractivity contribution is 7.99. The fourth-order valence-corrected chi connectivity index (χ4v) is 4.60. The predicted molar refractivity (Wildman–Crippen MR) is 117 cm³/mol. The molecule has 0 saturated carbocycles. The summed E-state index contributed by atoms with van der Waals surface area (Å²) in [6.45, 7) is 5.86. The number of nitrogens with zero attached hydrogens (tertiary/aromatic N) is 4. The fraction of sp³-hybridized carbons (Fsp3) is 0.364. The Morgan fingerprint density at radius 3 is 2.74 bits per heavy atom. The first-order chi connectivity index (χ1) is 15.1. The highest BCUT2D eigenvalue weighted by Crippen LogP contribution is 2.23. The molecule has 1 atom stereocenters. The highest BCUT2D eigenvalue weighted by atomic mass is 32.2. The van der Waals surface area contributed by atoms with E-state index in [1.807, 2.05) is 35.4 Å². The van der Waals surface area contributed by atoms with Gasteiger partial charge in [-0.05, 0) is 43.5 Å². The van der Waals surface area contributed by atoms with Crippen molar-refractivity contribution in [2.75, 3.05) is 12.3 Å². The van der Waals surface area contributed by atoms with E-state index in [1.54, 1.807) is 12.1 Å². The van der Waals surface area contributed by atoms with Crippen molar-refractivity contribution in [3.63, 3.8) is 0 Å². The third kappa shape index (κ3) is 4.66. The Morgan fingerprint density at radius 2 is 2.00 bits per heavy atom. The maximum absolute atomic E-state index is 12.8. The lowest BCUT2D eigenvalue weighted by molar-refractivity contribution is -0.129. The Morgan fingerprint density at radius 1 is 1.19 bits per heavy atom. The van der Waals surface area contributed by atoms with Crippen molar-refractivity contribution < 1.29 is 14.0 Å². The number of hydrogen-bond acceptors (Lipinski definition) is 6. The molecule has 0 aliphatic carbocycles. The summed E-state index contributed by atoms with van der Waals surface area (Å²) >= 11 is 1.38. The first kappa shape index (κ1) is 21.2. The number of nitrogens with one attached hydrogen (secondary N) is 1. The van der Waals surface area contributed by atoms with Crippen LogP contribution in [0.1, 0.15) is 47.4 Å². The molecule has 162 valence electrons. The van der Waals surface area contributed by atoms with Gasteiger partial charge < -0.3 is 19.2 Å². The minimum absolute atomic E-state index is 0.0888. The zero-order chi connectivity index (χ0) is 21.8. The van der Waals surface area contributed by atoms with Crippen molar-refractivity contribution in [3.8, 4) is 0 Å². The maximum Gasteiger partial charge on any atom is 0.287 e. The van der Waals surface area contributed by atoms with E-state index >= 15 is 0 Å². The second-order valence-electron chi connectivity index (χ2n) is 7.38. The molecule has 1 aliphatic rings. The van der Waals surface area contributed by atoms with Gasteiger partial charge in [0.15, 0.2) is 16.7 Å². The highest BCUT2D eigenvalue weighted by Gasteiger charge is 2.23. The van der Waals surface area contributed by atoms with Crippen molar-refractivity contribution in [1.82, 2.24) is 25.0 Å². The number of carbonyl (C=O) groups excluding carboxylic acids is 2. The number of aromatic nitrogens is 3. The lowest BCUT2D eigenvalue weighted by Crippen LogP contribution is -2.37. The van der Waals surface area contributed by atoms with Crippen LogP contribution >= 0.6 is 11.8 Å². The monoisotopic (exact) mass is 439 g/mol. The molecule has 0 spiro atoms. The minimum Gasteiger partial charge on any atom is -0.459 e. The smallest absolute Gasteiger partial charge is 0.287 e. The van der Waals surface area contributed by atoms with E-state index in [-0.39, 0.29) is 23.6 Å². The molecule has 0 radical (unpaired) electrons. The van der Waals surface area contributed by atoms with Crippen molar-refractivity contribution in [2.24, 2.45) is 0 Å².